The van der Waals surface area contributed by atoms with E-state index in [1.807, 2.05) is 24.4 Å². The summed E-state index contributed by atoms with van der Waals surface area (Å²) in [6.45, 7) is 0. The molecule has 10 aromatic rings. The number of furan rings is 1. The first-order valence-electron chi connectivity index (χ1n) is 15.6. The highest BCUT2D eigenvalue weighted by Crippen LogP contribution is 2.40. The smallest absolute Gasteiger partial charge is 0.143 e. The molecule has 0 saturated carbocycles. The minimum absolute atomic E-state index is 0.919. The summed E-state index contributed by atoms with van der Waals surface area (Å²) in [6, 6.07) is 54.1. The van der Waals surface area contributed by atoms with Gasteiger partial charge in [0.15, 0.2) is 0 Å². The highest BCUT2D eigenvalue weighted by Gasteiger charge is 2.17. The topological polar surface area (TPSA) is 31.0 Å². The molecule has 0 spiro atoms. The highest BCUT2D eigenvalue weighted by molar-refractivity contribution is 6.15. The van der Waals surface area contributed by atoms with Crippen molar-refractivity contribution in [2.75, 3.05) is 0 Å². The second-order valence-corrected chi connectivity index (χ2v) is 12.0. The molecule has 0 aliphatic rings. The standard InChI is InChI=1S/C43H26N2O/c1-3-14-37-33(10-1)36-26-31(23-24-38(36)45(37)39-15-5-8-29-21-22-30-9-7-25-44-42(30)41(29)39)27-17-19-28(20-18-27)32-12-6-13-35-34-11-2-4-16-40(34)46-43(32)35/h1-26H. The zero-order valence-corrected chi connectivity index (χ0v) is 24.8. The van der Waals surface area contributed by atoms with Crippen LogP contribution in [0.4, 0.5) is 0 Å². The molecule has 46 heavy (non-hydrogen) atoms. The summed E-state index contributed by atoms with van der Waals surface area (Å²) in [5, 5.41) is 8.26. The van der Waals surface area contributed by atoms with Gasteiger partial charge >= 0.3 is 0 Å². The van der Waals surface area contributed by atoms with E-state index >= 15 is 0 Å². The fourth-order valence-corrected chi connectivity index (χ4v) is 7.31. The number of nitrogens with zero attached hydrogens (tertiary/aromatic N) is 2. The molecule has 0 amide bonds. The lowest BCUT2D eigenvalue weighted by atomic mass is 9.98. The van der Waals surface area contributed by atoms with E-state index in [1.54, 1.807) is 0 Å². The van der Waals surface area contributed by atoms with Gasteiger partial charge in [0.2, 0.25) is 0 Å². The van der Waals surface area contributed by atoms with Crippen molar-refractivity contribution >= 4 is 65.4 Å². The lowest BCUT2D eigenvalue weighted by Gasteiger charge is -2.13. The van der Waals surface area contributed by atoms with Crippen molar-refractivity contribution in [2.45, 2.75) is 0 Å². The quantitative estimate of drug-likeness (QED) is 0.193. The van der Waals surface area contributed by atoms with E-state index in [9.17, 15) is 0 Å². The predicted octanol–water partition coefficient (Wildman–Crippen LogP) is 11.7. The maximum Gasteiger partial charge on any atom is 0.143 e. The Balaban J connectivity index is 1.13. The Hall–Kier alpha value is -6.19. The Bertz CT molecular complexity index is 2800. The molecule has 3 heterocycles. The van der Waals surface area contributed by atoms with Gasteiger partial charge in [-0.3, -0.25) is 4.98 Å². The van der Waals surface area contributed by atoms with Gasteiger partial charge in [0.1, 0.15) is 11.2 Å². The van der Waals surface area contributed by atoms with E-state index in [1.165, 1.54) is 43.7 Å². The van der Waals surface area contributed by atoms with E-state index < -0.39 is 0 Å². The predicted molar refractivity (Wildman–Crippen MR) is 192 cm³/mol. The van der Waals surface area contributed by atoms with Gasteiger partial charge in [-0.1, -0.05) is 115 Å². The van der Waals surface area contributed by atoms with Crippen LogP contribution in [0.1, 0.15) is 0 Å². The molecule has 3 heteroatoms. The van der Waals surface area contributed by atoms with Crippen molar-refractivity contribution in [2.24, 2.45) is 0 Å². The molecule has 214 valence electrons. The minimum atomic E-state index is 0.919. The third-order valence-electron chi connectivity index (χ3n) is 9.44. The van der Waals surface area contributed by atoms with Crippen LogP contribution in [0.2, 0.25) is 0 Å². The van der Waals surface area contributed by atoms with E-state index in [0.717, 1.165) is 49.7 Å². The van der Waals surface area contributed by atoms with Crippen LogP contribution >= 0.6 is 0 Å². The molecule has 7 aromatic carbocycles. The summed E-state index contributed by atoms with van der Waals surface area (Å²) in [4.78, 5) is 4.83. The van der Waals surface area contributed by atoms with E-state index in [2.05, 4.69) is 138 Å². The Morgan fingerprint density at radius 2 is 1.20 bits per heavy atom. The van der Waals surface area contributed by atoms with Crippen LogP contribution < -0.4 is 0 Å². The van der Waals surface area contributed by atoms with Gasteiger partial charge < -0.3 is 8.98 Å². The third-order valence-corrected chi connectivity index (χ3v) is 9.44. The Kier molecular flexibility index (Phi) is 5.28. The van der Waals surface area contributed by atoms with Crippen LogP contribution in [0.25, 0.3) is 93.4 Å². The normalized spacial score (nSPS) is 11.9. The molecule has 10 rings (SSSR count). The highest BCUT2D eigenvalue weighted by atomic mass is 16.3. The first-order valence-corrected chi connectivity index (χ1v) is 15.6. The number of rotatable bonds is 3. The number of fused-ring (bicyclic) bond motifs is 9. The third kappa shape index (κ3) is 3.63. The van der Waals surface area contributed by atoms with E-state index in [-0.39, 0.29) is 0 Å². The molecule has 0 fully saturated rings. The maximum atomic E-state index is 6.32. The van der Waals surface area contributed by atoms with Crippen molar-refractivity contribution in [3.05, 3.63) is 158 Å². The summed E-state index contributed by atoms with van der Waals surface area (Å²) in [7, 11) is 0. The first-order chi connectivity index (χ1) is 22.8. The largest absolute Gasteiger partial charge is 0.455 e. The second kappa shape index (κ2) is 9.65. The van der Waals surface area contributed by atoms with Crippen LogP contribution in [0.15, 0.2) is 162 Å². The number of para-hydroxylation sites is 3. The van der Waals surface area contributed by atoms with Crippen LogP contribution in [-0.4, -0.2) is 9.55 Å². The average molecular weight is 587 g/mol. The van der Waals surface area contributed by atoms with Crippen LogP contribution in [-0.2, 0) is 0 Å². The molecule has 0 saturated heterocycles. The fraction of sp³-hybridized carbons (Fsp3) is 0. The van der Waals surface area contributed by atoms with Crippen molar-refractivity contribution in [1.82, 2.24) is 9.55 Å². The molecular formula is C43H26N2O. The summed E-state index contributed by atoms with van der Waals surface area (Å²) < 4.78 is 8.73. The molecular weight excluding hydrogens is 560 g/mol. The van der Waals surface area contributed by atoms with Gasteiger partial charge in [0.05, 0.1) is 22.2 Å². The lowest BCUT2D eigenvalue weighted by Crippen LogP contribution is -1.96. The van der Waals surface area contributed by atoms with Crippen molar-refractivity contribution in [3.8, 4) is 27.9 Å². The van der Waals surface area contributed by atoms with Gasteiger partial charge in [-0.2, -0.15) is 0 Å². The van der Waals surface area contributed by atoms with Gasteiger partial charge in [0, 0.05) is 44.1 Å². The summed E-state index contributed by atoms with van der Waals surface area (Å²) >= 11 is 0. The molecule has 0 radical (unpaired) electrons. The summed E-state index contributed by atoms with van der Waals surface area (Å²) in [6.07, 6.45) is 1.89. The molecule has 3 nitrogen and oxygen atoms in total. The minimum Gasteiger partial charge on any atom is -0.455 e. The Morgan fingerprint density at radius 3 is 2.13 bits per heavy atom. The molecule has 3 aromatic heterocycles. The number of pyridine rings is 1. The Morgan fingerprint density at radius 1 is 0.478 bits per heavy atom. The molecule has 0 N–H and O–H groups in total. The summed E-state index contributed by atoms with van der Waals surface area (Å²) in [5.74, 6) is 0. The Labute approximate surface area is 264 Å². The van der Waals surface area contributed by atoms with Crippen LogP contribution in [0, 0.1) is 0 Å². The lowest BCUT2D eigenvalue weighted by molar-refractivity contribution is 0.670. The fourth-order valence-electron chi connectivity index (χ4n) is 7.31. The monoisotopic (exact) mass is 586 g/mol. The molecule has 0 atom stereocenters. The number of hydrogen-bond donors (Lipinski definition) is 0. The second-order valence-electron chi connectivity index (χ2n) is 12.0. The molecule has 0 aliphatic carbocycles. The van der Waals surface area contributed by atoms with E-state index in [0.29, 0.717) is 0 Å². The van der Waals surface area contributed by atoms with Gasteiger partial charge in [-0.15, -0.1) is 0 Å². The zero-order valence-electron chi connectivity index (χ0n) is 24.8. The SMILES string of the molecule is c1cnc2c(c1)ccc1cccc(-n3c4ccccc4c4cc(-c5ccc(-c6cccc7c6oc6ccccc67)cc5)ccc43)c12. The number of benzene rings is 7. The molecule has 0 bridgehead atoms. The van der Waals surface area contributed by atoms with Gasteiger partial charge in [0.25, 0.3) is 0 Å². The maximum absolute atomic E-state index is 6.32. The number of hydrogen-bond acceptors (Lipinski definition) is 2. The average Bonchev–Trinajstić information content (AvgIpc) is 3.67. The van der Waals surface area contributed by atoms with Crippen molar-refractivity contribution in [1.29, 1.82) is 0 Å². The van der Waals surface area contributed by atoms with Crippen molar-refractivity contribution in [3.63, 3.8) is 0 Å². The van der Waals surface area contributed by atoms with Crippen molar-refractivity contribution < 1.29 is 4.42 Å². The van der Waals surface area contributed by atoms with Gasteiger partial charge in [-0.25, -0.2) is 0 Å². The van der Waals surface area contributed by atoms with E-state index in [4.69, 9.17) is 9.40 Å². The first kappa shape index (κ1) is 25.2. The van der Waals surface area contributed by atoms with Crippen LogP contribution in [0.3, 0.4) is 0 Å². The number of aromatic nitrogens is 2. The zero-order chi connectivity index (χ0) is 30.2. The molecule has 0 unspecified atom stereocenters. The molecule has 0 aliphatic heterocycles. The summed E-state index contributed by atoms with van der Waals surface area (Å²) in [5.41, 5.74) is 11.0. The van der Waals surface area contributed by atoms with Gasteiger partial charge in [-0.05, 0) is 58.5 Å². The van der Waals surface area contributed by atoms with Crippen LogP contribution in [0.5, 0.6) is 0 Å².